The Bertz CT molecular complexity index is 361. The number of rotatable bonds is 7. The molecule has 0 radical (unpaired) electrons. The first-order chi connectivity index (χ1) is 8.61. The molecule has 18 heavy (non-hydrogen) atoms. The summed E-state index contributed by atoms with van der Waals surface area (Å²) in [4.78, 5) is 11.6. The Kier molecular flexibility index (Phi) is 6.81. The zero-order valence-corrected chi connectivity index (χ0v) is 12.0. The summed E-state index contributed by atoms with van der Waals surface area (Å²) in [6, 6.07) is 8.31. The third-order valence-corrected chi connectivity index (χ3v) is 3.51. The first kappa shape index (κ1) is 15.0. The Hall–Kier alpha value is -1.02. The van der Waals surface area contributed by atoms with Crippen LogP contribution in [0.25, 0.3) is 0 Å². The molecule has 1 unspecified atom stereocenters. The highest BCUT2D eigenvalue weighted by atomic mass is 35.5. The summed E-state index contributed by atoms with van der Waals surface area (Å²) < 4.78 is 0. The summed E-state index contributed by atoms with van der Waals surface area (Å²) >= 11 is 5.99. The maximum absolute atomic E-state index is 11.6. The van der Waals surface area contributed by atoms with Crippen molar-refractivity contribution in [1.29, 1.82) is 0 Å². The maximum atomic E-state index is 11.6. The van der Waals surface area contributed by atoms with Gasteiger partial charge in [0.25, 0.3) is 0 Å². The predicted molar refractivity (Wildman–Crippen MR) is 77.1 cm³/mol. The molecule has 0 bridgehead atoms. The third-order valence-electron chi connectivity index (χ3n) is 2.98. The van der Waals surface area contributed by atoms with Gasteiger partial charge >= 0.3 is 0 Å². The number of nitrogens with one attached hydrogen (secondary N) is 1. The Morgan fingerprint density at radius 1 is 1.33 bits per heavy atom. The number of carbonyl (C=O) groups is 1. The van der Waals surface area contributed by atoms with Gasteiger partial charge in [-0.1, -0.05) is 36.8 Å². The van der Waals surface area contributed by atoms with Crippen LogP contribution in [0.5, 0.6) is 0 Å². The number of halogens is 1. The molecule has 0 heterocycles. The lowest BCUT2D eigenvalue weighted by molar-refractivity contribution is -0.121. The van der Waals surface area contributed by atoms with Crippen molar-refractivity contribution in [1.82, 2.24) is 5.32 Å². The highest BCUT2D eigenvalue weighted by molar-refractivity contribution is 6.20. The Morgan fingerprint density at radius 2 is 2.00 bits per heavy atom. The van der Waals surface area contributed by atoms with Crippen molar-refractivity contribution in [3.63, 3.8) is 0 Å². The molecule has 0 aromatic heterocycles. The fourth-order valence-corrected chi connectivity index (χ4v) is 1.78. The number of amides is 1. The van der Waals surface area contributed by atoms with E-state index in [1.54, 1.807) is 0 Å². The second-order valence-corrected chi connectivity index (χ2v) is 5.25. The van der Waals surface area contributed by atoms with Gasteiger partial charge in [0.15, 0.2) is 0 Å². The van der Waals surface area contributed by atoms with E-state index in [1.165, 1.54) is 11.1 Å². The van der Waals surface area contributed by atoms with Crippen LogP contribution in [0.1, 0.15) is 37.3 Å². The second kappa shape index (κ2) is 8.15. The normalized spacial score (nSPS) is 12.2. The molecule has 0 aliphatic carbocycles. The van der Waals surface area contributed by atoms with Crippen molar-refractivity contribution in [2.24, 2.45) is 0 Å². The SMILES string of the molecule is CCC(Cl)CCNC(=O)CCc1ccc(C)cc1. The van der Waals surface area contributed by atoms with E-state index in [4.69, 9.17) is 11.6 Å². The average molecular weight is 268 g/mol. The van der Waals surface area contributed by atoms with E-state index < -0.39 is 0 Å². The minimum atomic E-state index is 0.107. The standard InChI is InChI=1S/C15H22ClNO/c1-3-14(16)10-11-17-15(18)9-8-13-6-4-12(2)5-7-13/h4-7,14H,3,8-11H2,1-2H3,(H,17,18). The quantitative estimate of drug-likeness (QED) is 0.754. The Labute approximate surface area is 115 Å². The first-order valence-electron chi connectivity index (χ1n) is 6.58. The van der Waals surface area contributed by atoms with Gasteiger partial charge in [-0.2, -0.15) is 0 Å². The molecule has 0 spiro atoms. The molecule has 1 amide bonds. The van der Waals surface area contributed by atoms with Gasteiger partial charge in [0.1, 0.15) is 0 Å². The van der Waals surface area contributed by atoms with E-state index in [2.05, 4.69) is 43.4 Å². The molecule has 1 atom stereocenters. The van der Waals surface area contributed by atoms with Crippen LogP contribution in [-0.4, -0.2) is 17.8 Å². The predicted octanol–water partition coefficient (Wildman–Crippen LogP) is 3.45. The molecule has 0 aliphatic heterocycles. The minimum absolute atomic E-state index is 0.107. The van der Waals surface area contributed by atoms with Crippen molar-refractivity contribution in [2.45, 2.75) is 44.9 Å². The van der Waals surface area contributed by atoms with E-state index in [1.807, 2.05) is 0 Å². The van der Waals surface area contributed by atoms with Crippen molar-refractivity contribution in [3.8, 4) is 0 Å². The monoisotopic (exact) mass is 267 g/mol. The summed E-state index contributed by atoms with van der Waals surface area (Å²) in [7, 11) is 0. The summed E-state index contributed by atoms with van der Waals surface area (Å²) in [5.74, 6) is 0.107. The minimum Gasteiger partial charge on any atom is -0.356 e. The number of hydrogen-bond donors (Lipinski definition) is 1. The summed E-state index contributed by atoms with van der Waals surface area (Å²) in [6.45, 7) is 4.79. The van der Waals surface area contributed by atoms with Crippen LogP contribution in [0.2, 0.25) is 0 Å². The topological polar surface area (TPSA) is 29.1 Å². The third kappa shape index (κ3) is 6.06. The molecule has 3 heteroatoms. The van der Waals surface area contributed by atoms with Crippen LogP contribution < -0.4 is 5.32 Å². The molecule has 1 N–H and O–H groups in total. The molecular formula is C15H22ClNO. The van der Waals surface area contributed by atoms with E-state index in [9.17, 15) is 4.79 Å². The number of alkyl halides is 1. The highest BCUT2D eigenvalue weighted by Crippen LogP contribution is 2.06. The zero-order chi connectivity index (χ0) is 13.4. The largest absolute Gasteiger partial charge is 0.356 e. The van der Waals surface area contributed by atoms with Crippen LogP contribution in [0.3, 0.4) is 0 Å². The van der Waals surface area contributed by atoms with Crippen LogP contribution in [-0.2, 0) is 11.2 Å². The van der Waals surface area contributed by atoms with E-state index >= 15 is 0 Å². The zero-order valence-electron chi connectivity index (χ0n) is 11.2. The molecule has 0 saturated carbocycles. The Balaban J connectivity index is 2.19. The Morgan fingerprint density at radius 3 is 2.61 bits per heavy atom. The highest BCUT2D eigenvalue weighted by Gasteiger charge is 2.04. The van der Waals surface area contributed by atoms with E-state index in [0.717, 1.165) is 19.3 Å². The van der Waals surface area contributed by atoms with Gasteiger partial charge in [0.2, 0.25) is 5.91 Å². The lowest BCUT2D eigenvalue weighted by atomic mass is 10.1. The first-order valence-corrected chi connectivity index (χ1v) is 7.01. The number of benzene rings is 1. The van der Waals surface area contributed by atoms with E-state index in [0.29, 0.717) is 13.0 Å². The molecule has 100 valence electrons. The van der Waals surface area contributed by atoms with Crippen LogP contribution >= 0.6 is 11.6 Å². The van der Waals surface area contributed by atoms with Crippen molar-refractivity contribution >= 4 is 17.5 Å². The average Bonchev–Trinajstić information content (AvgIpc) is 2.38. The van der Waals surface area contributed by atoms with Gasteiger partial charge in [-0.25, -0.2) is 0 Å². The van der Waals surface area contributed by atoms with Gasteiger partial charge in [-0.3, -0.25) is 4.79 Å². The molecule has 0 fully saturated rings. The van der Waals surface area contributed by atoms with Gasteiger partial charge in [0.05, 0.1) is 0 Å². The van der Waals surface area contributed by atoms with Gasteiger partial charge in [0, 0.05) is 18.3 Å². The molecule has 0 saturated heterocycles. The summed E-state index contributed by atoms with van der Waals surface area (Å²) in [6.07, 6.45) is 3.13. The molecule has 1 aromatic carbocycles. The van der Waals surface area contributed by atoms with Gasteiger partial charge < -0.3 is 5.32 Å². The lowest BCUT2D eigenvalue weighted by Gasteiger charge is -2.08. The molecule has 1 aromatic rings. The fraction of sp³-hybridized carbons (Fsp3) is 0.533. The van der Waals surface area contributed by atoms with Crippen molar-refractivity contribution in [3.05, 3.63) is 35.4 Å². The van der Waals surface area contributed by atoms with Crippen molar-refractivity contribution < 1.29 is 4.79 Å². The number of aryl methyl sites for hydroxylation is 2. The fourth-order valence-electron chi connectivity index (χ4n) is 1.67. The van der Waals surface area contributed by atoms with E-state index in [-0.39, 0.29) is 11.3 Å². The molecular weight excluding hydrogens is 246 g/mol. The molecule has 2 nitrogen and oxygen atoms in total. The summed E-state index contributed by atoms with van der Waals surface area (Å²) in [5.41, 5.74) is 2.45. The summed E-state index contributed by atoms with van der Waals surface area (Å²) in [5, 5.41) is 3.08. The maximum Gasteiger partial charge on any atom is 0.220 e. The van der Waals surface area contributed by atoms with Gasteiger partial charge in [-0.15, -0.1) is 11.6 Å². The lowest BCUT2D eigenvalue weighted by Crippen LogP contribution is -2.26. The van der Waals surface area contributed by atoms with Crippen LogP contribution in [0.4, 0.5) is 0 Å². The second-order valence-electron chi connectivity index (χ2n) is 4.63. The van der Waals surface area contributed by atoms with Crippen LogP contribution in [0, 0.1) is 6.92 Å². The van der Waals surface area contributed by atoms with Crippen LogP contribution in [0.15, 0.2) is 24.3 Å². The van der Waals surface area contributed by atoms with Gasteiger partial charge in [-0.05, 0) is 31.7 Å². The van der Waals surface area contributed by atoms with Crippen molar-refractivity contribution in [2.75, 3.05) is 6.54 Å². The number of carbonyl (C=O) groups excluding carboxylic acids is 1. The molecule has 0 aliphatic rings. The smallest absolute Gasteiger partial charge is 0.220 e. The number of hydrogen-bond acceptors (Lipinski definition) is 1. The molecule has 1 rings (SSSR count).